The Morgan fingerprint density at radius 1 is 1.58 bits per heavy atom. The summed E-state index contributed by atoms with van der Waals surface area (Å²) in [6.45, 7) is 3.13. The molecule has 1 aliphatic rings. The molecule has 0 radical (unpaired) electrons. The molecule has 0 aliphatic carbocycles. The van der Waals surface area contributed by atoms with E-state index in [1.54, 1.807) is 13.2 Å². The molecular formula is C13H17ClN2O3. The van der Waals surface area contributed by atoms with Gasteiger partial charge in [-0.3, -0.25) is 4.79 Å². The van der Waals surface area contributed by atoms with E-state index >= 15 is 0 Å². The fourth-order valence-corrected chi connectivity index (χ4v) is 2.34. The van der Waals surface area contributed by atoms with Gasteiger partial charge in [0, 0.05) is 24.2 Å². The maximum Gasteiger partial charge on any atom is 0.305 e. The Morgan fingerprint density at radius 2 is 2.26 bits per heavy atom. The summed E-state index contributed by atoms with van der Waals surface area (Å²) in [5.74, 6) is -0.203. The number of nitrogens with one attached hydrogen (secondary N) is 2. The van der Waals surface area contributed by atoms with E-state index in [2.05, 4.69) is 10.6 Å². The topological polar surface area (TPSA) is 70.6 Å². The summed E-state index contributed by atoms with van der Waals surface area (Å²) in [5.41, 5.74) is 1.23. The lowest BCUT2D eigenvalue weighted by atomic mass is 9.88. The monoisotopic (exact) mass is 284 g/mol. The van der Waals surface area contributed by atoms with Gasteiger partial charge in [0.05, 0.1) is 24.8 Å². The average Bonchev–Trinajstić information content (AvgIpc) is 2.30. The van der Waals surface area contributed by atoms with Gasteiger partial charge in [-0.1, -0.05) is 11.6 Å². The Bertz CT molecular complexity index is 501. The number of carbonyl (C=O) groups is 1. The first kappa shape index (κ1) is 14.0. The third kappa shape index (κ3) is 2.93. The minimum Gasteiger partial charge on any atom is -0.495 e. The van der Waals surface area contributed by atoms with E-state index < -0.39 is 11.5 Å². The number of methoxy groups -OCH3 is 1. The Balaban J connectivity index is 2.26. The molecule has 0 spiro atoms. The molecule has 104 valence electrons. The number of ether oxygens (including phenoxy) is 1. The van der Waals surface area contributed by atoms with E-state index in [0.717, 1.165) is 11.3 Å². The normalized spacial score (nSPS) is 16.6. The van der Waals surface area contributed by atoms with E-state index in [9.17, 15) is 4.79 Å². The molecule has 1 heterocycles. The molecule has 1 aromatic rings. The maximum atomic E-state index is 11.0. The van der Waals surface area contributed by atoms with Crippen molar-refractivity contribution in [1.29, 1.82) is 0 Å². The van der Waals surface area contributed by atoms with Crippen molar-refractivity contribution < 1.29 is 14.6 Å². The molecule has 0 unspecified atom stereocenters. The van der Waals surface area contributed by atoms with Crippen molar-refractivity contribution in [2.24, 2.45) is 0 Å². The molecule has 5 nitrogen and oxygen atoms in total. The molecule has 0 bridgehead atoms. The van der Waals surface area contributed by atoms with Crippen LogP contribution >= 0.6 is 11.6 Å². The van der Waals surface area contributed by atoms with Crippen LogP contribution < -0.4 is 15.4 Å². The Morgan fingerprint density at radius 3 is 2.74 bits per heavy atom. The van der Waals surface area contributed by atoms with Crippen molar-refractivity contribution in [2.75, 3.05) is 25.5 Å². The largest absolute Gasteiger partial charge is 0.495 e. The highest BCUT2D eigenvalue weighted by molar-refractivity contribution is 6.31. The lowest BCUT2D eigenvalue weighted by Crippen LogP contribution is -2.65. The van der Waals surface area contributed by atoms with Gasteiger partial charge >= 0.3 is 5.97 Å². The highest BCUT2D eigenvalue weighted by Gasteiger charge is 2.39. The summed E-state index contributed by atoms with van der Waals surface area (Å²) < 4.78 is 5.29. The fraction of sp³-hybridized carbons (Fsp3) is 0.462. The molecule has 3 N–H and O–H groups in total. The van der Waals surface area contributed by atoms with E-state index in [4.69, 9.17) is 21.4 Å². The van der Waals surface area contributed by atoms with Crippen molar-refractivity contribution in [3.8, 4) is 5.75 Å². The predicted molar refractivity (Wildman–Crippen MR) is 74.2 cm³/mol. The van der Waals surface area contributed by atoms with Gasteiger partial charge in [0.2, 0.25) is 0 Å². The van der Waals surface area contributed by atoms with Crippen LogP contribution in [0.5, 0.6) is 5.75 Å². The van der Waals surface area contributed by atoms with Crippen LogP contribution in [0.15, 0.2) is 12.1 Å². The second-order valence-electron chi connectivity index (χ2n) is 4.88. The number of carboxylic acids is 1. The SMILES string of the molecule is COc1cc(Cl)c(C)cc1NC1(CC(=O)O)CNC1. The molecule has 6 heteroatoms. The molecule has 2 rings (SSSR count). The van der Waals surface area contributed by atoms with Crippen LogP contribution in [0.4, 0.5) is 5.69 Å². The van der Waals surface area contributed by atoms with Gasteiger partial charge < -0.3 is 20.5 Å². The molecular weight excluding hydrogens is 268 g/mol. The van der Waals surface area contributed by atoms with Crippen LogP contribution in [-0.4, -0.2) is 36.8 Å². The van der Waals surface area contributed by atoms with Gasteiger partial charge in [-0.2, -0.15) is 0 Å². The van der Waals surface area contributed by atoms with Crippen LogP contribution in [0, 0.1) is 6.92 Å². The van der Waals surface area contributed by atoms with Gasteiger partial charge in [-0.05, 0) is 18.6 Å². The number of aliphatic carboxylic acids is 1. The van der Waals surface area contributed by atoms with Crippen molar-refractivity contribution in [3.05, 3.63) is 22.7 Å². The van der Waals surface area contributed by atoms with E-state index in [1.807, 2.05) is 13.0 Å². The number of benzene rings is 1. The second-order valence-corrected chi connectivity index (χ2v) is 5.29. The lowest BCUT2D eigenvalue weighted by Gasteiger charge is -2.43. The Labute approximate surface area is 116 Å². The van der Waals surface area contributed by atoms with Crippen LogP contribution in [0.2, 0.25) is 5.02 Å². The minimum atomic E-state index is -0.821. The third-order valence-electron chi connectivity index (χ3n) is 3.30. The first-order valence-corrected chi connectivity index (χ1v) is 6.38. The Kier molecular flexibility index (Phi) is 3.87. The highest BCUT2D eigenvalue weighted by Crippen LogP contribution is 2.34. The Hall–Kier alpha value is -1.46. The number of anilines is 1. The highest BCUT2D eigenvalue weighted by atomic mass is 35.5. The van der Waals surface area contributed by atoms with Gasteiger partial charge in [0.25, 0.3) is 0 Å². The molecule has 0 saturated carbocycles. The van der Waals surface area contributed by atoms with Crippen LogP contribution in [-0.2, 0) is 4.79 Å². The zero-order valence-corrected chi connectivity index (χ0v) is 11.7. The fourth-order valence-electron chi connectivity index (χ4n) is 2.19. The van der Waals surface area contributed by atoms with Crippen molar-refractivity contribution in [3.63, 3.8) is 0 Å². The maximum absolute atomic E-state index is 11.0. The van der Waals surface area contributed by atoms with Crippen LogP contribution in [0.1, 0.15) is 12.0 Å². The number of carboxylic acid groups (broad SMARTS) is 1. The van der Waals surface area contributed by atoms with Crippen molar-refractivity contribution in [2.45, 2.75) is 18.9 Å². The number of hydrogen-bond donors (Lipinski definition) is 3. The quantitative estimate of drug-likeness (QED) is 0.770. The smallest absolute Gasteiger partial charge is 0.305 e. The van der Waals surface area contributed by atoms with E-state index in [-0.39, 0.29) is 6.42 Å². The molecule has 0 aromatic heterocycles. The first-order valence-electron chi connectivity index (χ1n) is 6.01. The molecule has 19 heavy (non-hydrogen) atoms. The molecule has 1 fully saturated rings. The van der Waals surface area contributed by atoms with Gasteiger partial charge in [0.15, 0.2) is 0 Å². The standard InChI is InChI=1S/C13H17ClN2O3/c1-8-3-10(11(19-2)4-9(8)14)16-13(5-12(17)18)6-15-7-13/h3-4,15-16H,5-7H2,1-2H3,(H,17,18). The van der Waals surface area contributed by atoms with Gasteiger partial charge in [-0.25, -0.2) is 0 Å². The van der Waals surface area contributed by atoms with Gasteiger partial charge in [0.1, 0.15) is 5.75 Å². The molecule has 1 saturated heterocycles. The summed E-state index contributed by atoms with van der Waals surface area (Å²) in [4.78, 5) is 11.0. The van der Waals surface area contributed by atoms with E-state index in [0.29, 0.717) is 23.9 Å². The number of rotatable bonds is 5. The summed E-state index contributed by atoms with van der Waals surface area (Å²) >= 11 is 6.05. The number of halogens is 1. The summed E-state index contributed by atoms with van der Waals surface area (Å²) in [7, 11) is 1.56. The van der Waals surface area contributed by atoms with Crippen LogP contribution in [0.3, 0.4) is 0 Å². The van der Waals surface area contributed by atoms with Crippen molar-refractivity contribution in [1.82, 2.24) is 5.32 Å². The van der Waals surface area contributed by atoms with Crippen molar-refractivity contribution >= 4 is 23.3 Å². The summed E-state index contributed by atoms with van der Waals surface area (Å²) in [6, 6.07) is 3.61. The van der Waals surface area contributed by atoms with Gasteiger partial charge in [-0.15, -0.1) is 0 Å². The molecule has 1 aromatic carbocycles. The van der Waals surface area contributed by atoms with Crippen LogP contribution in [0.25, 0.3) is 0 Å². The predicted octanol–water partition coefficient (Wildman–Crippen LogP) is 1.89. The summed E-state index contributed by atoms with van der Waals surface area (Å²) in [5, 5.41) is 16.0. The number of aryl methyl sites for hydroxylation is 1. The second kappa shape index (κ2) is 5.27. The molecule has 0 atom stereocenters. The summed E-state index contributed by atoms with van der Waals surface area (Å²) in [6.07, 6.45) is 0.0603. The molecule has 1 aliphatic heterocycles. The zero-order chi connectivity index (χ0) is 14.0. The minimum absolute atomic E-state index is 0.0603. The lowest BCUT2D eigenvalue weighted by molar-refractivity contribution is -0.138. The average molecular weight is 285 g/mol. The zero-order valence-electron chi connectivity index (χ0n) is 10.9. The first-order chi connectivity index (χ1) is 8.96. The van der Waals surface area contributed by atoms with E-state index in [1.165, 1.54) is 0 Å². The number of hydrogen-bond acceptors (Lipinski definition) is 4. The molecule has 0 amide bonds. The third-order valence-corrected chi connectivity index (χ3v) is 3.70.